The molecule has 0 bridgehead atoms. The molecule has 0 spiro atoms. The Labute approximate surface area is 149 Å². The molecule has 24 heavy (non-hydrogen) atoms. The topological polar surface area (TPSA) is 18.5 Å². The Kier molecular flexibility index (Phi) is 8.83. The third-order valence-corrected chi connectivity index (χ3v) is 4.50. The van der Waals surface area contributed by atoms with Gasteiger partial charge in [0.2, 0.25) is 6.29 Å². The van der Waals surface area contributed by atoms with Gasteiger partial charge >= 0.3 is 0 Å². The predicted octanol–water partition coefficient (Wildman–Crippen LogP) is 6.94. The maximum atomic E-state index is 6.32. The summed E-state index contributed by atoms with van der Waals surface area (Å²) in [4.78, 5) is 0. The minimum Gasteiger partial charge on any atom is -0.465 e. The Hall–Kier alpha value is -1.02. The number of ether oxygens (including phenoxy) is 2. The van der Waals surface area contributed by atoms with E-state index in [1.165, 1.54) is 5.56 Å². The van der Waals surface area contributed by atoms with Crippen molar-refractivity contribution in [1.82, 2.24) is 0 Å². The average molecular weight is 335 g/mol. The molecule has 0 saturated carbocycles. The van der Waals surface area contributed by atoms with Crippen molar-refractivity contribution in [1.29, 1.82) is 0 Å². The summed E-state index contributed by atoms with van der Waals surface area (Å²) >= 11 is 0. The second kappa shape index (κ2) is 10.1. The lowest BCUT2D eigenvalue weighted by atomic mass is 9.92. The second-order valence-corrected chi connectivity index (χ2v) is 8.15. The van der Waals surface area contributed by atoms with Crippen molar-refractivity contribution >= 4 is 0 Å². The van der Waals surface area contributed by atoms with Crippen LogP contribution in [0.15, 0.2) is 24.3 Å². The summed E-state index contributed by atoms with van der Waals surface area (Å²) in [5.41, 5.74) is 1.51. The fourth-order valence-electron chi connectivity index (χ4n) is 2.80. The van der Waals surface area contributed by atoms with Crippen LogP contribution in [0.5, 0.6) is 5.75 Å². The van der Waals surface area contributed by atoms with E-state index in [-0.39, 0.29) is 17.8 Å². The number of hydrogen-bond acceptors (Lipinski definition) is 2. The van der Waals surface area contributed by atoms with Crippen LogP contribution < -0.4 is 4.74 Å². The molecule has 1 rings (SSSR count). The summed E-state index contributed by atoms with van der Waals surface area (Å²) in [6.45, 7) is 15.6. The minimum atomic E-state index is -0.186. The lowest BCUT2D eigenvalue weighted by Crippen LogP contribution is -2.31. The van der Waals surface area contributed by atoms with Crippen molar-refractivity contribution < 1.29 is 9.47 Å². The maximum Gasteiger partial charge on any atom is 0.200 e. The molecule has 138 valence electrons. The van der Waals surface area contributed by atoms with Gasteiger partial charge in [-0.2, -0.15) is 0 Å². The van der Waals surface area contributed by atoms with Crippen LogP contribution in [0.2, 0.25) is 0 Å². The van der Waals surface area contributed by atoms with Crippen LogP contribution in [-0.4, -0.2) is 12.4 Å². The summed E-state index contributed by atoms with van der Waals surface area (Å²) in [5, 5.41) is 0. The summed E-state index contributed by atoms with van der Waals surface area (Å²) in [6, 6.07) is 8.50. The minimum absolute atomic E-state index is 0.170. The van der Waals surface area contributed by atoms with Crippen molar-refractivity contribution in [2.75, 3.05) is 0 Å². The Bertz CT molecular complexity index is 461. The molecule has 0 saturated heterocycles. The lowest BCUT2D eigenvalue weighted by molar-refractivity contribution is -0.137. The zero-order valence-corrected chi connectivity index (χ0v) is 16.9. The lowest BCUT2D eigenvalue weighted by Gasteiger charge is -2.30. The largest absolute Gasteiger partial charge is 0.465 e. The molecular formula is C22H38O2. The van der Waals surface area contributed by atoms with E-state index < -0.39 is 0 Å². The molecule has 0 N–H and O–H groups in total. The Morgan fingerprint density at radius 3 is 2.29 bits per heavy atom. The van der Waals surface area contributed by atoms with Crippen LogP contribution in [0.1, 0.15) is 92.1 Å². The Morgan fingerprint density at radius 2 is 1.75 bits per heavy atom. The molecule has 2 heteroatoms. The highest BCUT2D eigenvalue weighted by Crippen LogP contribution is 2.28. The molecule has 3 atom stereocenters. The van der Waals surface area contributed by atoms with Gasteiger partial charge in [-0.15, -0.1) is 0 Å². The van der Waals surface area contributed by atoms with Crippen LogP contribution in [0.3, 0.4) is 0 Å². The van der Waals surface area contributed by atoms with Crippen molar-refractivity contribution in [3.63, 3.8) is 0 Å². The van der Waals surface area contributed by atoms with E-state index in [1.54, 1.807) is 0 Å². The highest BCUT2D eigenvalue weighted by molar-refractivity contribution is 5.30. The van der Waals surface area contributed by atoms with E-state index in [9.17, 15) is 0 Å². The molecule has 0 aliphatic carbocycles. The van der Waals surface area contributed by atoms with Gasteiger partial charge in [0, 0.05) is 6.42 Å². The van der Waals surface area contributed by atoms with Gasteiger partial charge in [0.1, 0.15) is 5.75 Å². The fourth-order valence-corrected chi connectivity index (χ4v) is 2.80. The Morgan fingerprint density at radius 1 is 1.04 bits per heavy atom. The fraction of sp³-hybridized carbons (Fsp3) is 0.727. The van der Waals surface area contributed by atoms with E-state index >= 15 is 0 Å². The molecule has 0 aliphatic rings. The Balaban J connectivity index is 2.87. The molecular weight excluding hydrogens is 296 g/mol. The SMILES string of the molecule is CCCC(CC)OC(CC(C)(C)C)Oc1cccc(C(C)CC)c1. The summed E-state index contributed by atoms with van der Waals surface area (Å²) < 4.78 is 12.6. The van der Waals surface area contributed by atoms with Crippen LogP contribution >= 0.6 is 0 Å². The highest BCUT2D eigenvalue weighted by atomic mass is 16.7. The molecule has 2 nitrogen and oxygen atoms in total. The second-order valence-electron chi connectivity index (χ2n) is 8.15. The summed E-state index contributed by atoms with van der Waals surface area (Å²) in [6.07, 6.45) is 5.39. The monoisotopic (exact) mass is 334 g/mol. The molecule has 0 fully saturated rings. The first-order chi connectivity index (χ1) is 11.3. The summed E-state index contributed by atoms with van der Waals surface area (Å²) in [7, 11) is 0. The van der Waals surface area contributed by atoms with Gasteiger partial charge in [-0.25, -0.2) is 0 Å². The molecule has 1 aromatic rings. The number of benzene rings is 1. The van der Waals surface area contributed by atoms with Crippen molar-refractivity contribution in [3.8, 4) is 5.75 Å². The van der Waals surface area contributed by atoms with Gasteiger partial charge in [-0.05, 0) is 48.3 Å². The maximum absolute atomic E-state index is 6.32. The van der Waals surface area contributed by atoms with Crippen molar-refractivity contribution in [3.05, 3.63) is 29.8 Å². The zero-order valence-electron chi connectivity index (χ0n) is 16.9. The van der Waals surface area contributed by atoms with E-state index in [2.05, 4.69) is 66.7 Å². The molecule has 0 aromatic heterocycles. The van der Waals surface area contributed by atoms with Gasteiger partial charge in [-0.3, -0.25) is 0 Å². The molecule has 3 unspecified atom stereocenters. The van der Waals surface area contributed by atoms with Crippen LogP contribution in [0.25, 0.3) is 0 Å². The predicted molar refractivity (Wildman–Crippen MR) is 104 cm³/mol. The third kappa shape index (κ3) is 7.70. The van der Waals surface area contributed by atoms with Crippen molar-refractivity contribution in [2.24, 2.45) is 5.41 Å². The first kappa shape index (κ1) is 21.0. The quantitative estimate of drug-likeness (QED) is 0.432. The molecule has 0 aliphatic heterocycles. The first-order valence-corrected chi connectivity index (χ1v) is 9.71. The van der Waals surface area contributed by atoms with Crippen LogP contribution in [-0.2, 0) is 4.74 Å². The van der Waals surface area contributed by atoms with Gasteiger partial charge in [0.15, 0.2) is 0 Å². The van der Waals surface area contributed by atoms with Gasteiger partial charge in [0.25, 0.3) is 0 Å². The van der Waals surface area contributed by atoms with Crippen LogP contribution in [0, 0.1) is 5.41 Å². The van der Waals surface area contributed by atoms with Gasteiger partial charge < -0.3 is 9.47 Å². The molecule has 1 aromatic carbocycles. The van der Waals surface area contributed by atoms with Crippen molar-refractivity contribution in [2.45, 2.75) is 98.9 Å². The standard InChI is InChI=1S/C22H38O2/c1-8-12-19(10-3)23-21(16-22(5,6)7)24-20-14-11-13-18(15-20)17(4)9-2/h11,13-15,17,19,21H,8-10,12,16H2,1-7H3. The first-order valence-electron chi connectivity index (χ1n) is 9.71. The van der Waals surface area contributed by atoms with Crippen LogP contribution in [0.4, 0.5) is 0 Å². The number of rotatable bonds is 10. The van der Waals surface area contributed by atoms with E-state index in [1.807, 2.05) is 6.07 Å². The normalized spacial score (nSPS) is 15.8. The summed E-state index contributed by atoms with van der Waals surface area (Å²) in [5.74, 6) is 1.48. The van der Waals surface area contributed by atoms with E-state index in [4.69, 9.17) is 9.47 Å². The van der Waals surface area contributed by atoms with Gasteiger partial charge in [0.05, 0.1) is 6.10 Å². The molecule has 0 radical (unpaired) electrons. The van der Waals surface area contributed by atoms with E-state index in [0.717, 1.165) is 37.9 Å². The smallest absolute Gasteiger partial charge is 0.200 e. The third-order valence-electron chi connectivity index (χ3n) is 4.50. The highest BCUT2D eigenvalue weighted by Gasteiger charge is 2.23. The number of hydrogen-bond donors (Lipinski definition) is 0. The zero-order chi connectivity index (χ0) is 18.2. The van der Waals surface area contributed by atoms with E-state index in [0.29, 0.717) is 5.92 Å². The average Bonchev–Trinajstić information content (AvgIpc) is 2.52. The molecule has 0 amide bonds. The van der Waals surface area contributed by atoms with Gasteiger partial charge in [-0.1, -0.05) is 67.0 Å². The molecule has 0 heterocycles.